The monoisotopic (exact) mass is 560 g/mol. The SMILES string of the molecule is C1=Cc2cc3ccc(cc4ccc(cc5nc(cc1n2)C=C5)[nH]4)[nH]3.[Fe].[Si].c1ccc2c(c1)Cc1ccccc1-2. The van der Waals surface area contributed by atoms with Crippen molar-refractivity contribution in [3.63, 3.8) is 0 Å². The summed E-state index contributed by atoms with van der Waals surface area (Å²) >= 11 is 0. The maximum absolute atomic E-state index is 4.62. The number of hydrogen-bond donors (Lipinski definition) is 2. The fraction of sp³-hybridized carbons (Fsp3) is 0.0303. The fourth-order valence-corrected chi connectivity index (χ4v) is 5.02. The summed E-state index contributed by atoms with van der Waals surface area (Å²) in [4.78, 5) is 16.0. The molecule has 0 saturated carbocycles. The van der Waals surface area contributed by atoms with E-state index >= 15 is 0 Å². The minimum atomic E-state index is 0. The number of fused-ring (bicyclic) bond motifs is 11. The van der Waals surface area contributed by atoms with Gasteiger partial charge in [-0.3, -0.25) is 0 Å². The zero-order chi connectivity index (χ0) is 24.6. The molecule has 0 spiro atoms. The third-order valence-electron chi connectivity index (χ3n) is 6.75. The van der Waals surface area contributed by atoms with Crippen LogP contribution in [0.1, 0.15) is 33.9 Å². The number of aromatic amines is 2. The van der Waals surface area contributed by atoms with Crippen molar-refractivity contribution in [2.24, 2.45) is 0 Å². The van der Waals surface area contributed by atoms with E-state index in [1.54, 1.807) is 0 Å². The molecule has 0 amide bonds. The number of nitrogens with one attached hydrogen (secondary N) is 2. The molecule has 39 heavy (non-hydrogen) atoms. The molecule has 5 heterocycles. The average molecular weight is 561 g/mol. The Balaban J connectivity index is 0.000000175. The van der Waals surface area contributed by atoms with Crippen molar-refractivity contribution < 1.29 is 17.1 Å². The maximum Gasteiger partial charge on any atom is 0.0659 e. The number of hydrogen-bond acceptors (Lipinski definition) is 2. The molecule has 0 atom stereocenters. The Morgan fingerprint density at radius 2 is 0.846 bits per heavy atom. The van der Waals surface area contributed by atoms with Gasteiger partial charge >= 0.3 is 0 Å². The van der Waals surface area contributed by atoms with E-state index in [0.29, 0.717) is 0 Å². The summed E-state index contributed by atoms with van der Waals surface area (Å²) in [6.45, 7) is 0. The Bertz CT molecular complexity index is 1750. The fourth-order valence-electron chi connectivity index (χ4n) is 5.02. The van der Waals surface area contributed by atoms with Crippen LogP contribution >= 0.6 is 0 Å². The molecule has 0 fully saturated rings. The second-order valence-corrected chi connectivity index (χ2v) is 9.40. The molecule has 2 aliphatic heterocycles. The molecule has 0 unspecified atom stereocenters. The minimum Gasteiger partial charge on any atom is -0.355 e. The van der Waals surface area contributed by atoms with Crippen LogP contribution in [-0.2, 0) is 23.5 Å². The summed E-state index contributed by atoms with van der Waals surface area (Å²) in [5.41, 5.74) is 13.6. The van der Waals surface area contributed by atoms with Crippen LogP contribution in [0.15, 0.2) is 97.1 Å². The molecule has 188 valence electrons. The predicted molar refractivity (Wildman–Crippen MR) is 159 cm³/mol. The van der Waals surface area contributed by atoms with Gasteiger partial charge in [0.15, 0.2) is 0 Å². The number of H-pyrrole nitrogens is 2. The van der Waals surface area contributed by atoms with Crippen molar-refractivity contribution in [1.82, 2.24) is 19.9 Å². The van der Waals surface area contributed by atoms with Crippen LogP contribution in [0, 0.1) is 0 Å². The molecule has 6 heteroatoms. The summed E-state index contributed by atoms with van der Waals surface area (Å²) in [6.07, 6.45) is 9.15. The topological polar surface area (TPSA) is 57.4 Å². The van der Waals surface area contributed by atoms with Crippen LogP contribution < -0.4 is 0 Å². The van der Waals surface area contributed by atoms with Gasteiger partial charge in [0.25, 0.3) is 0 Å². The van der Waals surface area contributed by atoms with Crippen molar-refractivity contribution in [3.05, 3.63) is 131 Å². The van der Waals surface area contributed by atoms with Gasteiger partial charge in [0.2, 0.25) is 0 Å². The van der Waals surface area contributed by atoms with Gasteiger partial charge in [-0.15, -0.1) is 0 Å². The smallest absolute Gasteiger partial charge is 0.0659 e. The Kier molecular flexibility index (Phi) is 7.62. The standard InChI is InChI=1S/C20H14N4.C13H10.Fe.Si/c1-2-14-10-16-5-6-18(23-16)12-20-8-7-19(24-20)11-17-4-3-15(22-17)9-13(1)21-14;1-3-7-12-10(5-1)9-11-6-2-4-8-13(11)12;;/h1-12,21-22H;1-8H,9H2;;. The number of rotatable bonds is 0. The van der Waals surface area contributed by atoms with Crippen LogP contribution in [-0.4, -0.2) is 30.9 Å². The zero-order valence-electron chi connectivity index (χ0n) is 21.0. The molecular formula is C33H24FeN4Si. The molecule has 2 N–H and O–H groups in total. The van der Waals surface area contributed by atoms with Crippen molar-refractivity contribution in [1.29, 1.82) is 0 Å². The summed E-state index contributed by atoms with van der Waals surface area (Å²) in [7, 11) is 0. The molecule has 5 aromatic rings. The van der Waals surface area contributed by atoms with E-state index in [0.717, 1.165) is 51.3 Å². The molecule has 1 aliphatic carbocycles. The van der Waals surface area contributed by atoms with Crippen molar-refractivity contribution in [3.8, 4) is 11.1 Å². The molecule has 3 aliphatic rings. The molecular weight excluding hydrogens is 536 g/mol. The first-order valence-electron chi connectivity index (χ1n) is 12.5. The van der Waals surface area contributed by atoms with Crippen molar-refractivity contribution in [2.75, 3.05) is 0 Å². The van der Waals surface area contributed by atoms with E-state index < -0.39 is 0 Å². The summed E-state index contributed by atoms with van der Waals surface area (Å²) in [5.74, 6) is 0. The van der Waals surface area contributed by atoms with Gasteiger partial charge in [-0.25, -0.2) is 9.97 Å². The first-order chi connectivity index (χ1) is 18.2. The largest absolute Gasteiger partial charge is 0.355 e. The van der Waals surface area contributed by atoms with E-state index in [1.807, 2.05) is 42.5 Å². The second-order valence-electron chi connectivity index (χ2n) is 9.40. The van der Waals surface area contributed by atoms with E-state index in [-0.39, 0.29) is 28.0 Å². The first-order valence-corrected chi connectivity index (χ1v) is 12.5. The van der Waals surface area contributed by atoms with Crippen molar-refractivity contribution in [2.45, 2.75) is 6.42 Å². The molecule has 2 aromatic carbocycles. The van der Waals surface area contributed by atoms with Crippen LogP contribution in [0.2, 0.25) is 0 Å². The maximum atomic E-state index is 4.62. The van der Waals surface area contributed by atoms with Gasteiger partial charge in [0.1, 0.15) is 0 Å². The van der Waals surface area contributed by atoms with Gasteiger partial charge in [0.05, 0.1) is 22.8 Å². The Morgan fingerprint density at radius 1 is 0.462 bits per heavy atom. The summed E-state index contributed by atoms with van der Waals surface area (Å²) in [5, 5.41) is 0. The Morgan fingerprint density at radius 3 is 1.31 bits per heavy atom. The number of nitrogens with zero attached hydrogens (tertiary/aromatic N) is 2. The van der Waals surface area contributed by atoms with Crippen LogP contribution in [0.3, 0.4) is 0 Å². The first kappa shape index (κ1) is 26.4. The molecule has 8 rings (SSSR count). The van der Waals surface area contributed by atoms with Gasteiger partial charge in [-0.2, -0.15) is 0 Å². The summed E-state index contributed by atoms with van der Waals surface area (Å²) in [6, 6.07) is 33.7. The van der Waals surface area contributed by atoms with Gasteiger partial charge < -0.3 is 9.97 Å². The molecule has 4 nitrogen and oxygen atoms in total. The third-order valence-corrected chi connectivity index (χ3v) is 6.75. The minimum absolute atomic E-state index is 0. The van der Waals surface area contributed by atoms with E-state index in [4.69, 9.17) is 0 Å². The molecule has 0 saturated heterocycles. The quantitative estimate of drug-likeness (QED) is 0.189. The normalized spacial score (nSPS) is 11.9. The Labute approximate surface area is 242 Å². The molecule has 8 bridgehead atoms. The summed E-state index contributed by atoms with van der Waals surface area (Å²) < 4.78 is 0. The van der Waals surface area contributed by atoms with Crippen LogP contribution in [0.25, 0.3) is 57.5 Å². The van der Waals surface area contributed by atoms with E-state index in [9.17, 15) is 0 Å². The Hall–Kier alpha value is -4.22. The molecule has 3 aromatic heterocycles. The number of benzene rings is 2. The third kappa shape index (κ3) is 5.64. The van der Waals surface area contributed by atoms with Gasteiger partial charge in [-0.1, -0.05) is 48.5 Å². The zero-order valence-corrected chi connectivity index (χ0v) is 23.1. The van der Waals surface area contributed by atoms with Gasteiger partial charge in [0, 0.05) is 50.1 Å². The predicted octanol–water partition coefficient (Wildman–Crippen LogP) is 7.53. The van der Waals surface area contributed by atoms with E-state index in [2.05, 4.69) is 98.8 Å². The van der Waals surface area contributed by atoms with Gasteiger partial charge in [-0.05, 0) is 102 Å². The van der Waals surface area contributed by atoms with E-state index in [1.165, 1.54) is 22.3 Å². The van der Waals surface area contributed by atoms with Crippen molar-refractivity contribution >= 4 is 57.3 Å². The second kappa shape index (κ2) is 11.3. The van der Waals surface area contributed by atoms with Crippen LogP contribution in [0.5, 0.6) is 0 Å². The average Bonchev–Trinajstić information content (AvgIpc) is 3.73. The van der Waals surface area contributed by atoms with Crippen LogP contribution in [0.4, 0.5) is 0 Å². The number of aromatic nitrogens is 4. The molecule has 4 radical (unpaired) electrons.